The van der Waals surface area contributed by atoms with Crippen molar-refractivity contribution >= 4 is 11.6 Å². The summed E-state index contributed by atoms with van der Waals surface area (Å²) in [6.45, 7) is 4.96. The van der Waals surface area contributed by atoms with Gasteiger partial charge in [0.05, 0.1) is 5.70 Å². The van der Waals surface area contributed by atoms with Gasteiger partial charge >= 0.3 is 0 Å². The highest BCUT2D eigenvalue weighted by Crippen LogP contribution is 2.31. The van der Waals surface area contributed by atoms with Crippen molar-refractivity contribution < 1.29 is 14.3 Å². The van der Waals surface area contributed by atoms with Gasteiger partial charge in [-0.05, 0) is 30.3 Å². The second-order valence-corrected chi connectivity index (χ2v) is 4.63. The van der Waals surface area contributed by atoms with Crippen LogP contribution >= 0.6 is 0 Å². The molecule has 22 heavy (non-hydrogen) atoms. The number of hydrogen-bond donors (Lipinski definition) is 2. The SMILES string of the molecule is C=C(NNC(=O)c1ccccn1)c1ccc2c(c1)OCCO2. The van der Waals surface area contributed by atoms with Crippen molar-refractivity contribution in [1.82, 2.24) is 15.8 Å². The molecule has 2 aromatic rings. The minimum absolute atomic E-state index is 0.324. The average molecular weight is 297 g/mol. The number of nitrogens with one attached hydrogen (secondary N) is 2. The maximum atomic E-state index is 11.9. The lowest BCUT2D eigenvalue weighted by atomic mass is 10.1. The molecule has 1 aliphatic rings. The zero-order chi connectivity index (χ0) is 15.4. The molecule has 0 unspecified atom stereocenters. The second-order valence-electron chi connectivity index (χ2n) is 4.63. The van der Waals surface area contributed by atoms with E-state index in [1.54, 1.807) is 24.4 Å². The molecule has 0 spiro atoms. The Balaban J connectivity index is 1.64. The van der Waals surface area contributed by atoms with Crippen LogP contribution in [-0.4, -0.2) is 24.1 Å². The van der Waals surface area contributed by atoms with Gasteiger partial charge in [-0.3, -0.25) is 20.6 Å². The van der Waals surface area contributed by atoms with Gasteiger partial charge in [-0.1, -0.05) is 12.6 Å². The van der Waals surface area contributed by atoms with E-state index in [2.05, 4.69) is 22.4 Å². The molecular weight excluding hydrogens is 282 g/mol. The summed E-state index contributed by atoms with van der Waals surface area (Å²) in [7, 11) is 0. The normalized spacial score (nSPS) is 12.4. The Morgan fingerprint density at radius 3 is 2.68 bits per heavy atom. The van der Waals surface area contributed by atoms with E-state index in [1.807, 2.05) is 18.2 Å². The van der Waals surface area contributed by atoms with E-state index in [-0.39, 0.29) is 5.91 Å². The molecule has 2 heterocycles. The lowest BCUT2D eigenvalue weighted by Gasteiger charge is -2.19. The van der Waals surface area contributed by atoms with Crippen LogP contribution in [-0.2, 0) is 0 Å². The number of ether oxygens (including phenoxy) is 2. The predicted molar refractivity (Wildman–Crippen MR) is 81.3 cm³/mol. The summed E-state index contributed by atoms with van der Waals surface area (Å²) < 4.78 is 11.0. The predicted octanol–water partition coefficient (Wildman–Crippen LogP) is 1.76. The fourth-order valence-corrected chi connectivity index (χ4v) is 2.00. The number of fused-ring (bicyclic) bond motifs is 1. The lowest BCUT2D eigenvalue weighted by molar-refractivity contribution is 0.0937. The van der Waals surface area contributed by atoms with Crippen molar-refractivity contribution in [2.24, 2.45) is 0 Å². The summed E-state index contributed by atoms with van der Waals surface area (Å²) in [5.74, 6) is 1.04. The van der Waals surface area contributed by atoms with Gasteiger partial charge in [0, 0.05) is 11.8 Å². The van der Waals surface area contributed by atoms with Crippen molar-refractivity contribution in [3.05, 3.63) is 60.4 Å². The molecule has 0 bridgehead atoms. The number of carbonyl (C=O) groups excluding carboxylic acids is 1. The highest BCUT2D eigenvalue weighted by molar-refractivity contribution is 5.92. The minimum atomic E-state index is -0.334. The Morgan fingerprint density at radius 2 is 1.91 bits per heavy atom. The Labute approximate surface area is 127 Å². The van der Waals surface area contributed by atoms with E-state index < -0.39 is 0 Å². The Kier molecular flexibility index (Phi) is 3.91. The van der Waals surface area contributed by atoms with Gasteiger partial charge in [0.1, 0.15) is 18.9 Å². The zero-order valence-electron chi connectivity index (χ0n) is 11.8. The van der Waals surface area contributed by atoms with Crippen LogP contribution in [0, 0.1) is 0 Å². The van der Waals surface area contributed by atoms with E-state index in [0.717, 1.165) is 5.56 Å². The molecule has 0 saturated heterocycles. The first kappa shape index (κ1) is 13.9. The van der Waals surface area contributed by atoms with Crippen LogP contribution in [0.5, 0.6) is 11.5 Å². The van der Waals surface area contributed by atoms with Crippen LogP contribution < -0.4 is 20.3 Å². The lowest BCUT2D eigenvalue weighted by Crippen LogP contribution is -2.36. The monoisotopic (exact) mass is 297 g/mol. The fraction of sp³-hybridized carbons (Fsp3) is 0.125. The first-order valence-corrected chi connectivity index (χ1v) is 6.80. The van der Waals surface area contributed by atoms with Crippen LogP contribution in [0.4, 0.5) is 0 Å². The third-order valence-corrected chi connectivity index (χ3v) is 3.12. The number of nitrogens with zero attached hydrogens (tertiary/aromatic N) is 1. The van der Waals surface area contributed by atoms with Crippen LogP contribution in [0.15, 0.2) is 49.2 Å². The number of benzene rings is 1. The molecule has 0 saturated carbocycles. The number of aromatic nitrogens is 1. The maximum Gasteiger partial charge on any atom is 0.288 e. The Bertz CT molecular complexity index is 701. The number of hydrazine groups is 1. The minimum Gasteiger partial charge on any atom is -0.486 e. The third kappa shape index (κ3) is 3.01. The summed E-state index contributed by atoms with van der Waals surface area (Å²) in [5, 5.41) is 0. The molecule has 0 aliphatic carbocycles. The van der Waals surface area contributed by atoms with E-state index in [0.29, 0.717) is 36.1 Å². The van der Waals surface area contributed by atoms with Crippen LogP contribution in [0.1, 0.15) is 16.1 Å². The van der Waals surface area contributed by atoms with Gasteiger partial charge in [0.2, 0.25) is 0 Å². The van der Waals surface area contributed by atoms with E-state index >= 15 is 0 Å². The first-order chi connectivity index (χ1) is 10.7. The molecule has 6 heteroatoms. The van der Waals surface area contributed by atoms with Crippen molar-refractivity contribution in [1.29, 1.82) is 0 Å². The van der Waals surface area contributed by atoms with Gasteiger partial charge in [0.15, 0.2) is 11.5 Å². The van der Waals surface area contributed by atoms with E-state index in [4.69, 9.17) is 9.47 Å². The van der Waals surface area contributed by atoms with Crippen LogP contribution in [0.2, 0.25) is 0 Å². The van der Waals surface area contributed by atoms with Gasteiger partial charge in [-0.25, -0.2) is 0 Å². The molecule has 1 aliphatic heterocycles. The molecular formula is C16H15N3O3. The smallest absolute Gasteiger partial charge is 0.288 e. The molecule has 112 valence electrons. The number of hydrogen-bond acceptors (Lipinski definition) is 5. The van der Waals surface area contributed by atoms with Crippen LogP contribution in [0.3, 0.4) is 0 Å². The van der Waals surface area contributed by atoms with Crippen molar-refractivity contribution in [2.45, 2.75) is 0 Å². The molecule has 1 aromatic carbocycles. The number of pyridine rings is 1. The van der Waals surface area contributed by atoms with Gasteiger partial charge in [-0.2, -0.15) is 0 Å². The molecule has 1 aromatic heterocycles. The van der Waals surface area contributed by atoms with Crippen molar-refractivity contribution in [2.75, 3.05) is 13.2 Å². The Hall–Kier alpha value is -3.02. The molecule has 0 radical (unpaired) electrons. The molecule has 0 atom stereocenters. The maximum absolute atomic E-state index is 11.9. The molecule has 6 nitrogen and oxygen atoms in total. The van der Waals surface area contributed by atoms with Crippen molar-refractivity contribution in [3.63, 3.8) is 0 Å². The van der Waals surface area contributed by atoms with Crippen molar-refractivity contribution in [3.8, 4) is 11.5 Å². The summed E-state index contributed by atoms with van der Waals surface area (Å²) >= 11 is 0. The number of rotatable bonds is 4. The van der Waals surface area contributed by atoms with E-state index in [1.165, 1.54) is 0 Å². The summed E-state index contributed by atoms with van der Waals surface area (Å²) in [4.78, 5) is 15.9. The fourth-order valence-electron chi connectivity index (χ4n) is 2.00. The topological polar surface area (TPSA) is 72.5 Å². The highest BCUT2D eigenvalue weighted by atomic mass is 16.6. The molecule has 2 N–H and O–H groups in total. The molecule has 1 amide bonds. The van der Waals surface area contributed by atoms with Gasteiger partial charge in [-0.15, -0.1) is 0 Å². The standard InChI is InChI=1S/C16H15N3O3/c1-11(18-19-16(20)13-4-2-3-7-17-13)12-5-6-14-15(10-12)22-9-8-21-14/h2-7,10,18H,1,8-9H2,(H,19,20). The molecule has 3 rings (SSSR count). The average Bonchev–Trinajstić information content (AvgIpc) is 2.59. The summed E-state index contributed by atoms with van der Waals surface area (Å²) in [5.41, 5.74) is 6.99. The molecule has 0 fully saturated rings. The van der Waals surface area contributed by atoms with Gasteiger partial charge < -0.3 is 9.47 Å². The Morgan fingerprint density at radius 1 is 1.09 bits per heavy atom. The number of carbonyl (C=O) groups is 1. The summed E-state index contributed by atoms with van der Waals surface area (Å²) in [6, 6.07) is 10.6. The van der Waals surface area contributed by atoms with Gasteiger partial charge in [0.25, 0.3) is 5.91 Å². The van der Waals surface area contributed by atoms with E-state index in [9.17, 15) is 4.79 Å². The largest absolute Gasteiger partial charge is 0.486 e. The zero-order valence-corrected chi connectivity index (χ0v) is 11.8. The third-order valence-electron chi connectivity index (χ3n) is 3.12. The highest BCUT2D eigenvalue weighted by Gasteiger charge is 2.13. The quantitative estimate of drug-likeness (QED) is 0.841. The first-order valence-electron chi connectivity index (χ1n) is 6.80. The number of amides is 1. The summed E-state index contributed by atoms with van der Waals surface area (Å²) in [6.07, 6.45) is 1.56. The second kappa shape index (κ2) is 6.17. The van der Waals surface area contributed by atoms with Crippen LogP contribution in [0.25, 0.3) is 5.70 Å².